The van der Waals surface area contributed by atoms with Gasteiger partial charge in [-0.1, -0.05) is 162 Å². The van der Waals surface area contributed by atoms with E-state index in [1.54, 1.807) is 0 Å². The molecule has 12 rings (SSSR count). The predicted octanol–water partition coefficient (Wildman–Crippen LogP) is 16.1. The molecule has 0 saturated carbocycles. The molecule has 5 heteroatoms. The summed E-state index contributed by atoms with van der Waals surface area (Å²) < 4.78 is 8.81. The molecular formula is C61H44N4O. The molecule has 314 valence electrons. The van der Waals surface area contributed by atoms with E-state index in [0.717, 1.165) is 66.5 Å². The van der Waals surface area contributed by atoms with E-state index in [2.05, 4.69) is 178 Å². The summed E-state index contributed by atoms with van der Waals surface area (Å²) in [5, 5.41) is 4.54. The summed E-state index contributed by atoms with van der Waals surface area (Å²) in [5.74, 6) is 1.80. The summed E-state index contributed by atoms with van der Waals surface area (Å²) in [6.45, 7) is 8.68. The number of furan rings is 1. The molecule has 0 unspecified atom stereocenters. The lowest BCUT2D eigenvalue weighted by Gasteiger charge is -2.16. The first-order valence-corrected chi connectivity index (χ1v) is 22.5. The van der Waals surface area contributed by atoms with E-state index in [9.17, 15) is 0 Å². The number of para-hydroxylation sites is 1. The van der Waals surface area contributed by atoms with Gasteiger partial charge in [0.25, 0.3) is 0 Å². The largest absolute Gasteiger partial charge is 0.456 e. The molecular weight excluding hydrogens is 805 g/mol. The van der Waals surface area contributed by atoms with Crippen LogP contribution >= 0.6 is 0 Å². The van der Waals surface area contributed by atoms with Crippen LogP contribution in [-0.2, 0) is 0 Å². The van der Waals surface area contributed by atoms with Gasteiger partial charge >= 0.3 is 0 Å². The lowest BCUT2D eigenvalue weighted by atomic mass is 9.97. The van der Waals surface area contributed by atoms with Gasteiger partial charge in [-0.15, -0.1) is 0 Å². The molecule has 0 fully saturated rings. The second-order valence-corrected chi connectivity index (χ2v) is 17.6. The summed E-state index contributed by atoms with van der Waals surface area (Å²) in [6.07, 6.45) is 0. The normalized spacial score (nSPS) is 11.6. The highest BCUT2D eigenvalue weighted by Crippen LogP contribution is 2.42. The average Bonchev–Trinajstić information content (AvgIpc) is 3.88. The van der Waals surface area contributed by atoms with Gasteiger partial charge in [-0.05, 0) is 116 Å². The van der Waals surface area contributed by atoms with E-state index in [1.807, 2.05) is 48.5 Å². The van der Waals surface area contributed by atoms with Crippen LogP contribution in [0, 0.1) is 27.7 Å². The Hall–Kier alpha value is -8.41. The Labute approximate surface area is 383 Å². The van der Waals surface area contributed by atoms with Gasteiger partial charge in [-0.3, -0.25) is 0 Å². The Morgan fingerprint density at radius 1 is 0.318 bits per heavy atom. The van der Waals surface area contributed by atoms with Crippen molar-refractivity contribution in [1.82, 2.24) is 19.5 Å². The van der Waals surface area contributed by atoms with Gasteiger partial charge in [0.05, 0.1) is 16.7 Å². The van der Waals surface area contributed by atoms with Crippen molar-refractivity contribution in [1.29, 1.82) is 0 Å². The van der Waals surface area contributed by atoms with Crippen molar-refractivity contribution < 1.29 is 4.42 Å². The van der Waals surface area contributed by atoms with Gasteiger partial charge in [0, 0.05) is 38.2 Å². The van der Waals surface area contributed by atoms with Crippen molar-refractivity contribution >= 4 is 43.7 Å². The van der Waals surface area contributed by atoms with Crippen LogP contribution in [0.4, 0.5) is 0 Å². The lowest BCUT2D eigenvalue weighted by molar-refractivity contribution is 0.669. The number of aromatic nitrogens is 4. The van der Waals surface area contributed by atoms with E-state index in [0.29, 0.717) is 17.5 Å². The fraction of sp³-hybridized carbons (Fsp3) is 0.0656. The number of aryl methyl sites for hydroxylation is 4. The Balaban J connectivity index is 1.14. The minimum Gasteiger partial charge on any atom is -0.456 e. The van der Waals surface area contributed by atoms with Crippen LogP contribution in [0.2, 0.25) is 0 Å². The van der Waals surface area contributed by atoms with Crippen LogP contribution in [-0.4, -0.2) is 19.5 Å². The van der Waals surface area contributed by atoms with Gasteiger partial charge < -0.3 is 8.98 Å². The van der Waals surface area contributed by atoms with Crippen LogP contribution in [0.15, 0.2) is 199 Å². The highest BCUT2D eigenvalue weighted by molar-refractivity contribution is 6.12. The van der Waals surface area contributed by atoms with E-state index >= 15 is 0 Å². The van der Waals surface area contributed by atoms with Crippen molar-refractivity contribution in [3.63, 3.8) is 0 Å². The molecule has 0 aliphatic heterocycles. The first kappa shape index (κ1) is 39.2. The number of nitrogens with zero attached hydrogens (tertiary/aromatic N) is 4. The molecule has 12 aromatic rings. The Kier molecular flexibility index (Phi) is 9.32. The topological polar surface area (TPSA) is 56.7 Å². The Morgan fingerprint density at radius 3 is 1.35 bits per heavy atom. The number of fused-ring (bicyclic) bond motifs is 6. The third-order valence-corrected chi connectivity index (χ3v) is 12.8. The molecule has 0 amide bonds. The molecule has 0 radical (unpaired) electrons. The molecule has 9 aromatic carbocycles. The maximum Gasteiger partial charge on any atom is 0.166 e. The first-order valence-electron chi connectivity index (χ1n) is 22.5. The fourth-order valence-electron chi connectivity index (χ4n) is 9.85. The maximum atomic E-state index is 6.41. The van der Waals surface area contributed by atoms with Crippen molar-refractivity contribution in [2.24, 2.45) is 0 Å². The highest BCUT2D eigenvalue weighted by atomic mass is 16.3. The molecule has 0 aliphatic rings. The minimum atomic E-state index is 0.582. The Morgan fingerprint density at radius 2 is 0.773 bits per heavy atom. The maximum absolute atomic E-state index is 6.41. The quantitative estimate of drug-likeness (QED) is 0.160. The molecule has 0 bridgehead atoms. The average molecular weight is 849 g/mol. The van der Waals surface area contributed by atoms with Gasteiger partial charge in [0.1, 0.15) is 11.2 Å². The monoisotopic (exact) mass is 848 g/mol. The van der Waals surface area contributed by atoms with Crippen LogP contribution < -0.4 is 0 Å². The number of hydrogen-bond donors (Lipinski definition) is 0. The van der Waals surface area contributed by atoms with Gasteiger partial charge in [-0.2, -0.15) is 0 Å². The number of rotatable bonds is 7. The molecule has 3 heterocycles. The van der Waals surface area contributed by atoms with Gasteiger partial charge in [-0.25, -0.2) is 15.0 Å². The van der Waals surface area contributed by atoms with Crippen molar-refractivity contribution in [3.8, 4) is 73.2 Å². The summed E-state index contributed by atoms with van der Waals surface area (Å²) in [5.41, 5.74) is 19.4. The standard InChI is InChI=1S/C61H44N4O/c1-37-27-38(2)30-47(29-37)44-21-24-54-51(33-44)52-34-45(48-31-39(3)28-40(4)32-48)22-25-55(52)65(54)56-26-20-43(46-19-23-50-49-17-11-12-18-57(49)66-58(50)36-46)35-53(56)61-63-59(41-13-7-5-8-14-41)62-60(64-61)42-15-9-6-10-16-42/h5-36H,1-4H3. The van der Waals surface area contributed by atoms with Gasteiger partial charge in [0.15, 0.2) is 17.5 Å². The summed E-state index contributed by atoms with van der Waals surface area (Å²) in [6, 6.07) is 69.2. The zero-order valence-corrected chi connectivity index (χ0v) is 37.2. The molecule has 0 N–H and O–H groups in total. The van der Waals surface area contributed by atoms with Crippen LogP contribution in [0.1, 0.15) is 22.3 Å². The molecule has 66 heavy (non-hydrogen) atoms. The van der Waals surface area contributed by atoms with E-state index in [1.165, 1.54) is 55.3 Å². The van der Waals surface area contributed by atoms with E-state index < -0.39 is 0 Å². The number of hydrogen-bond acceptors (Lipinski definition) is 4. The summed E-state index contributed by atoms with van der Waals surface area (Å²) in [4.78, 5) is 15.7. The lowest BCUT2D eigenvalue weighted by Crippen LogP contribution is -2.04. The molecule has 3 aromatic heterocycles. The zero-order chi connectivity index (χ0) is 44.5. The second kappa shape index (κ2) is 15.7. The number of benzene rings is 9. The molecule has 0 aliphatic carbocycles. The summed E-state index contributed by atoms with van der Waals surface area (Å²) in [7, 11) is 0. The predicted molar refractivity (Wildman–Crippen MR) is 273 cm³/mol. The molecule has 5 nitrogen and oxygen atoms in total. The fourth-order valence-corrected chi connectivity index (χ4v) is 9.85. The summed E-state index contributed by atoms with van der Waals surface area (Å²) >= 11 is 0. The van der Waals surface area contributed by atoms with Crippen LogP contribution in [0.3, 0.4) is 0 Å². The molecule has 0 spiro atoms. The van der Waals surface area contributed by atoms with E-state index in [4.69, 9.17) is 19.4 Å². The first-order chi connectivity index (χ1) is 32.3. The molecule has 0 saturated heterocycles. The zero-order valence-electron chi connectivity index (χ0n) is 37.2. The van der Waals surface area contributed by atoms with Crippen LogP contribution in [0.5, 0.6) is 0 Å². The third-order valence-electron chi connectivity index (χ3n) is 12.8. The Bertz CT molecular complexity index is 3650. The highest BCUT2D eigenvalue weighted by Gasteiger charge is 2.22. The van der Waals surface area contributed by atoms with Crippen molar-refractivity contribution in [3.05, 3.63) is 216 Å². The smallest absolute Gasteiger partial charge is 0.166 e. The third kappa shape index (κ3) is 6.93. The minimum absolute atomic E-state index is 0.582. The van der Waals surface area contributed by atoms with E-state index in [-0.39, 0.29) is 0 Å². The SMILES string of the molecule is Cc1cc(C)cc(-c2ccc3c(c2)c2cc(-c4cc(C)cc(C)c4)ccc2n3-c2ccc(-c3ccc4c(c3)oc3ccccc34)cc2-c2nc(-c3ccccc3)nc(-c3ccccc3)n2)c1. The van der Waals surface area contributed by atoms with Crippen LogP contribution in [0.25, 0.3) is 117 Å². The second-order valence-electron chi connectivity index (χ2n) is 17.6. The van der Waals surface area contributed by atoms with Gasteiger partial charge in [0.2, 0.25) is 0 Å². The van der Waals surface area contributed by atoms with Crippen molar-refractivity contribution in [2.75, 3.05) is 0 Å². The molecule has 0 atom stereocenters. The van der Waals surface area contributed by atoms with Crippen molar-refractivity contribution in [2.45, 2.75) is 27.7 Å².